The van der Waals surface area contributed by atoms with Crippen LogP contribution in [0.2, 0.25) is 0 Å². The van der Waals surface area contributed by atoms with E-state index in [0.29, 0.717) is 12.2 Å². The molecule has 0 radical (unpaired) electrons. The Hall–Kier alpha value is -1.64. The van der Waals surface area contributed by atoms with Gasteiger partial charge < -0.3 is 9.47 Å². The van der Waals surface area contributed by atoms with Gasteiger partial charge in [-0.15, -0.1) is 0 Å². The van der Waals surface area contributed by atoms with Crippen molar-refractivity contribution >= 4 is 27.3 Å². The second kappa shape index (κ2) is 6.23. The first kappa shape index (κ1) is 16.7. The van der Waals surface area contributed by atoms with Crippen LogP contribution in [-0.2, 0) is 23.6 Å². The summed E-state index contributed by atoms with van der Waals surface area (Å²) in [5.74, 6) is -0.232. The molecule has 0 aromatic carbocycles. The highest BCUT2D eigenvalue weighted by Gasteiger charge is 2.25. The third-order valence-corrected chi connectivity index (χ3v) is 5.80. The number of sulfonamides is 1. The zero-order valence-electron chi connectivity index (χ0n) is 13.0. The van der Waals surface area contributed by atoms with E-state index >= 15 is 0 Å². The van der Waals surface area contributed by atoms with Crippen molar-refractivity contribution in [3.63, 3.8) is 0 Å². The SMILES string of the molecule is CN(C)C(=O)c1cc(S(=O)(=O)N(C)Cc2ccsc2)cn1C. The molecule has 0 aliphatic carbocycles. The Balaban J connectivity index is 2.30. The first-order valence-corrected chi connectivity index (χ1v) is 8.97. The molecule has 0 N–H and O–H groups in total. The fourth-order valence-corrected chi connectivity index (χ4v) is 3.91. The normalized spacial score (nSPS) is 11.9. The van der Waals surface area contributed by atoms with Gasteiger partial charge in [0, 0.05) is 40.9 Å². The minimum atomic E-state index is -3.63. The molecular weight excluding hydrogens is 322 g/mol. The molecule has 6 nitrogen and oxygen atoms in total. The Kier molecular flexibility index (Phi) is 4.74. The van der Waals surface area contributed by atoms with Crippen molar-refractivity contribution in [2.75, 3.05) is 21.1 Å². The van der Waals surface area contributed by atoms with E-state index in [1.807, 2.05) is 16.8 Å². The molecule has 0 saturated heterocycles. The van der Waals surface area contributed by atoms with Crippen molar-refractivity contribution in [3.8, 4) is 0 Å². The average Bonchev–Trinajstić information content (AvgIpc) is 3.07. The van der Waals surface area contributed by atoms with Crippen LogP contribution in [0, 0.1) is 0 Å². The van der Waals surface area contributed by atoms with Gasteiger partial charge in [0.15, 0.2) is 0 Å². The van der Waals surface area contributed by atoms with Crippen LogP contribution in [0.3, 0.4) is 0 Å². The highest BCUT2D eigenvalue weighted by Crippen LogP contribution is 2.20. The molecule has 0 atom stereocenters. The van der Waals surface area contributed by atoms with E-state index in [1.54, 1.807) is 21.1 Å². The Morgan fingerprint density at radius 2 is 2.00 bits per heavy atom. The Morgan fingerprint density at radius 3 is 2.55 bits per heavy atom. The number of aromatic nitrogens is 1. The molecule has 2 aromatic heterocycles. The summed E-state index contributed by atoms with van der Waals surface area (Å²) >= 11 is 1.53. The smallest absolute Gasteiger partial charge is 0.269 e. The Morgan fingerprint density at radius 1 is 1.32 bits per heavy atom. The number of nitrogens with zero attached hydrogens (tertiary/aromatic N) is 3. The van der Waals surface area contributed by atoms with Gasteiger partial charge in [-0.3, -0.25) is 4.79 Å². The Bertz CT molecular complexity index is 761. The van der Waals surface area contributed by atoms with Crippen molar-refractivity contribution < 1.29 is 13.2 Å². The molecule has 0 aliphatic heterocycles. The van der Waals surface area contributed by atoms with Crippen molar-refractivity contribution in [1.29, 1.82) is 0 Å². The molecule has 2 aromatic rings. The standard InChI is InChI=1S/C14H19N3O3S2/c1-15(2)14(18)13-7-12(9-16(13)3)22(19,20)17(4)8-11-5-6-21-10-11/h5-7,9-10H,8H2,1-4H3. The average molecular weight is 341 g/mol. The van der Waals surface area contributed by atoms with Crippen LogP contribution in [0.15, 0.2) is 34.0 Å². The van der Waals surface area contributed by atoms with Crippen LogP contribution < -0.4 is 0 Å². The topological polar surface area (TPSA) is 62.6 Å². The number of carbonyl (C=O) groups is 1. The first-order valence-electron chi connectivity index (χ1n) is 6.59. The van der Waals surface area contributed by atoms with Gasteiger partial charge in [-0.25, -0.2) is 8.42 Å². The van der Waals surface area contributed by atoms with Gasteiger partial charge >= 0.3 is 0 Å². The summed E-state index contributed by atoms with van der Waals surface area (Å²) < 4.78 is 28.0. The lowest BCUT2D eigenvalue weighted by molar-refractivity contribution is 0.0818. The lowest BCUT2D eigenvalue weighted by Gasteiger charge is -2.15. The number of aryl methyl sites for hydroxylation is 1. The van der Waals surface area contributed by atoms with E-state index in [-0.39, 0.29) is 10.8 Å². The monoisotopic (exact) mass is 341 g/mol. The third-order valence-electron chi connectivity index (χ3n) is 3.30. The molecule has 0 saturated carbocycles. The van der Waals surface area contributed by atoms with Gasteiger partial charge in [0.05, 0.1) is 0 Å². The molecule has 22 heavy (non-hydrogen) atoms. The summed E-state index contributed by atoms with van der Waals surface area (Å²) in [5, 5.41) is 3.82. The van der Waals surface area contributed by atoms with Gasteiger partial charge in [-0.2, -0.15) is 15.6 Å². The second-order valence-electron chi connectivity index (χ2n) is 5.26. The minimum absolute atomic E-state index is 0.123. The maximum absolute atomic E-state index is 12.6. The van der Waals surface area contributed by atoms with Gasteiger partial charge in [0.25, 0.3) is 5.91 Å². The molecule has 2 rings (SSSR count). The molecule has 120 valence electrons. The second-order valence-corrected chi connectivity index (χ2v) is 8.09. The maximum Gasteiger partial charge on any atom is 0.269 e. The predicted molar refractivity (Wildman–Crippen MR) is 86.4 cm³/mol. The van der Waals surface area contributed by atoms with Crippen molar-refractivity contribution in [3.05, 3.63) is 40.3 Å². The number of rotatable bonds is 5. The molecule has 2 heterocycles. The summed E-state index contributed by atoms with van der Waals surface area (Å²) in [5.41, 5.74) is 1.28. The maximum atomic E-state index is 12.6. The van der Waals surface area contributed by atoms with E-state index in [2.05, 4.69) is 0 Å². The molecule has 0 fully saturated rings. The molecule has 0 aliphatic rings. The van der Waals surface area contributed by atoms with Gasteiger partial charge in [0.1, 0.15) is 10.6 Å². The van der Waals surface area contributed by atoms with Crippen LogP contribution >= 0.6 is 11.3 Å². The van der Waals surface area contributed by atoms with Crippen molar-refractivity contribution in [2.45, 2.75) is 11.4 Å². The minimum Gasteiger partial charge on any atom is -0.345 e. The molecule has 1 amide bonds. The van der Waals surface area contributed by atoms with E-state index < -0.39 is 10.0 Å². The number of amides is 1. The first-order chi connectivity index (χ1) is 10.2. The fraction of sp³-hybridized carbons (Fsp3) is 0.357. The third kappa shape index (κ3) is 3.23. The number of hydrogen-bond donors (Lipinski definition) is 0. The lowest BCUT2D eigenvalue weighted by Crippen LogP contribution is -2.26. The largest absolute Gasteiger partial charge is 0.345 e. The summed E-state index contributed by atoms with van der Waals surface area (Å²) in [6.07, 6.45) is 1.47. The molecule has 0 spiro atoms. The Labute approximate surface area is 134 Å². The summed E-state index contributed by atoms with van der Waals surface area (Å²) in [4.78, 5) is 13.6. The lowest BCUT2D eigenvalue weighted by atomic mass is 10.3. The summed E-state index contributed by atoms with van der Waals surface area (Å²) in [6, 6.07) is 3.31. The van der Waals surface area contributed by atoms with Crippen molar-refractivity contribution in [2.24, 2.45) is 7.05 Å². The molecule has 0 bridgehead atoms. The predicted octanol–water partition coefficient (Wildman–Crippen LogP) is 1.61. The number of hydrogen-bond acceptors (Lipinski definition) is 4. The van der Waals surface area contributed by atoms with E-state index in [4.69, 9.17) is 0 Å². The number of thiophene rings is 1. The van der Waals surface area contributed by atoms with Crippen molar-refractivity contribution in [1.82, 2.24) is 13.8 Å². The fourth-order valence-electron chi connectivity index (χ4n) is 2.02. The van der Waals surface area contributed by atoms with Crippen LogP contribution in [0.25, 0.3) is 0 Å². The highest BCUT2D eigenvalue weighted by atomic mass is 32.2. The van der Waals surface area contributed by atoms with Crippen LogP contribution in [-0.4, -0.2) is 49.2 Å². The highest BCUT2D eigenvalue weighted by molar-refractivity contribution is 7.89. The molecule has 8 heteroatoms. The van der Waals surface area contributed by atoms with Gasteiger partial charge in [-0.1, -0.05) is 0 Å². The van der Waals surface area contributed by atoms with Gasteiger partial charge in [0.2, 0.25) is 10.0 Å². The summed E-state index contributed by atoms with van der Waals surface area (Å²) in [6.45, 7) is 0.303. The summed E-state index contributed by atoms with van der Waals surface area (Å²) in [7, 11) is 2.83. The van der Waals surface area contributed by atoms with E-state index in [0.717, 1.165) is 5.56 Å². The zero-order chi connectivity index (χ0) is 16.5. The molecule has 0 unspecified atom stereocenters. The van der Waals surface area contributed by atoms with Crippen LogP contribution in [0.1, 0.15) is 16.1 Å². The van der Waals surface area contributed by atoms with E-state index in [9.17, 15) is 13.2 Å². The number of carbonyl (C=O) groups excluding carboxylic acids is 1. The zero-order valence-corrected chi connectivity index (χ0v) is 14.6. The quantitative estimate of drug-likeness (QED) is 0.830. The van der Waals surface area contributed by atoms with Gasteiger partial charge in [-0.05, 0) is 28.5 Å². The molecular formula is C14H19N3O3S2. The van der Waals surface area contributed by atoms with Crippen LogP contribution in [0.5, 0.6) is 0 Å². The van der Waals surface area contributed by atoms with Crippen LogP contribution in [0.4, 0.5) is 0 Å². The van der Waals surface area contributed by atoms with E-state index in [1.165, 1.54) is 44.4 Å².